The molecule has 0 aliphatic carbocycles. The van der Waals surface area contributed by atoms with Gasteiger partial charge in [0.1, 0.15) is 6.04 Å². The number of hydrogen-bond donors (Lipinski definition) is 4. The van der Waals surface area contributed by atoms with E-state index in [2.05, 4.69) is 10.6 Å². The van der Waals surface area contributed by atoms with Gasteiger partial charge in [-0.15, -0.1) is 11.8 Å². The summed E-state index contributed by atoms with van der Waals surface area (Å²) >= 11 is 1.52. The highest BCUT2D eigenvalue weighted by Crippen LogP contribution is 2.19. The van der Waals surface area contributed by atoms with Crippen LogP contribution in [0.15, 0.2) is 0 Å². The van der Waals surface area contributed by atoms with Gasteiger partial charge in [0.25, 0.3) is 0 Å². The lowest BCUT2D eigenvalue weighted by Gasteiger charge is -2.22. The van der Waals surface area contributed by atoms with Crippen molar-refractivity contribution in [3.8, 4) is 0 Å². The Hall–Kier alpha value is -1.28. The Morgan fingerprint density at radius 3 is 2.53 bits per heavy atom. The second kappa shape index (κ2) is 8.00. The number of carbonyl (C=O) groups excluding carboxylic acids is 2. The Labute approximate surface area is 115 Å². The number of piperidine rings is 1. The van der Waals surface area contributed by atoms with E-state index in [1.807, 2.05) is 0 Å². The van der Waals surface area contributed by atoms with E-state index in [4.69, 9.17) is 10.8 Å². The Morgan fingerprint density at radius 2 is 2.00 bits per heavy atom. The van der Waals surface area contributed by atoms with Crippen molar-refractivity contribution in [2.75, 3.05) is 18.8 Å². The van der Waals surface area contributed by atoms with E-state index in [0.717, 1.165) is 25.9 Å². The first-order valence-corrected chi connectivity index (χ1v) is 7.16. The van der Waals surface area contributed by atoms with Crippen molar-refractivity contribution in [3.05, 3.63) is 0 Å². The molecule has 1 fully saturated rings. The molecule has 0 radical (unpaired) electrons. The van der Waals surface area contributed by atoms with Crippen LogP contribution in [0.5, 0.6) is 0 Å². The van der Waals surface area contributed by atoms with Gasteiger partial charge in [0.15, 0.2) is 0 Å². The molecule has 0 saturated carbocycles. The molecule has 1 atom stereocenters. The first kappa shape index (κ1) is 15.8. The molecule has 0 aromatic heterocycles. The number of rotatable bonds is 7. The van der Waals surface area contributed by atoms with Gasteiger partial charge in [-0.05, 0) is 25.9 Å². The standard InChI is InChI=1S/C11H19N3O4S/c12-9(15)5-8(11(17)18)14-10(16)6-19-7-1-3-13-4-2-7/h7-8,13H,1-6H2,(H2,12,15)(H,14,16)(H,17,18)/t8-/m1/s1. The molecule has 8 heteroatoms. The Bertz CT molecular complexity index is 345. The molecular formula is C11H19N3O4S. The second-order valence-corrected chi connectivity index (χ2v) is 5.68. The van der Waals surface area contributed by atoms with Gasteiger partial charge in [0.05, 0.1) is 12.2 Å². The van der Waals surface area contributed by atoms with Crippen molar-refractivity contribution in [3.63, 3.8) is 0 Å². The van der Waals surface area contributed by atoms with E-state index in [-0.39, 0.29) is 18.1 Å². The normalized spacial score (nSPS) is 17.7. The first-order chi connectivity index (χ1) is 8.99. The zero-order valence-electron chi connectivity index (χ0n) is 10.6. The molecule has 0 aromatic rings. The van der Waals surface area contributed by atoms with Gasteiger partial charge in [-0.1, -0.05) is 0 Å². The van der Waals surface area contributed by atoms with Crippen molar-refractivity contribution >= 4 is 29.5 Å². The average Bonchev–Trinajstić information content (AvgIpc) is 2.36. The largest absolute Gasteiger partial charge is 0.480 e. The second-order valence-electron chi connectivity index (χ2n) is 4.39. The van der Waals surface area contributed by atoms with Crippen molar-refractivity contribution in [1.82, 2.24) is 10.6 Å². The lowest BCUT2D eigenvalue weighted by Crippen LogP contribution is -2.44. The molecule has 0 spiro atoms. The van der Waals surface area contributed by atoms with Gasteiger partial charge >= 0.3 is 5.97 Å². The number of aliphatic carboxylic acids is 1. The van der Waals surface area contributed by atoms with E-state index in [0.29, 0.717) is 5.25 Å². The van der Waals surface area contributed by atoms with E-state index < -0.39 is 17.9 Å². The molecular weight excluding hydrogens is 270 g/mol. The van der Waals surface area contributed by atoms with Crippen molar-refractivity contribution in [1.29, 1.82) is 0 Å². The number of nitrogens with one attached hydrogen (secondary N) is 2. The number of primary amides is 1. The van der Waals surface area contributed by atoms with Crippen LogP contribution in [0.1, 0.15) is 19.3 Å². The van der Waals surface area contributed by atoms with Gasteiger partial charge in [-0.25, -0.2) is 4.79 Å². The Kier molecular flexibility index (Phi) is 6.65. The zero-order valence-corrected chi connectivity index (χ0v) is 11.4. The van der Waals surface area contributed by atoms with Crippen molar-refractivity contribution < 1.29 is 19.5 Å². The fourth-order valence-corrected chi connectivity index (χ4v) is 2.83. The van der Waals surface area contributed by atoms with Crippen molar-refractivity contribution in [2.45, 2.75) is 30.6 Å². The highest BCUT2D eigenvalue weighted by Gasteiger charge is 2.23. The number of carboxylic acids is 1. The van der Waals surface area contributed by atoms with E-state index in [9.17, 15) is 14.4 Å². The summed E-state index contributed by atoms with van der Waals surface area (Å²) in [6.45, 7) is 1.89. The molecule has 5 N–H and O–H groups in total. The van der Waals surface area contributed by atoms with Crippen LogP contribution in [0.3, 0.4) is 0 Å². The number of nitrogens with two attached hydrogens (primary N) is 1. The maximum Gasteiger partial charge on any atom is 0.326 e. The minimum Gasteiger partial charge on any atom is -0.480 e. The molecule has 2 amide bonds. The van der Waals surface area contributed by atoms with Gasteiger partial charge in [0, 0.05) is 5.25 Å². The summed E-state index contributed by atoms with van der Waals surface area (Å²) in [6.07, 6.45) is 1.61. The lowest BCUT2D eigenvalue weighted by molar-refractivity contribution is -0.143. The number of thioether (sulfide) groups is 1. The first-order valence-electron chi connectivity index (χ1n) is 6.12. The monoisotopic (exact) mass is 289 g/mol. The van der Waals surface area contributed by atoms with Crippen LogP contribution in [0.25, 0.3) is 0 Å². The number of carbonyl (C=O) groups is 3. The van der Waals surface area contributed by atoms with E-state index in [1.54, 1.807) is 0 Å². The zero-order chi connectivity index (χ0) is 14.3. The summed E-state index contributed by atoms with van der Waals surface area (Å²) in [7, 11) is 0. The molecule has 0 aromatic carbocycles. The molecule has 1 heterocycles. The highest BCUT2D eigenvalue weighted by molar-refractivity contribution is 8.00. The third-order valence-electron chi connectivity index (χ3n) is 2.77. The third kappa shape index (κ3) is 6.44. The molecule has 108 valence electrons. The smallest absolute Gasteiger partial charge is 0.326 e. The topological polar surface area (TPSA) is 122 Å². The summed E-state index contributed by atoms with van der Waals surface area (Å²) < 4.78 is 0. The molecule has 1 rings (SSSR count). The molecule has 7 nitrogen and oxygen atoms in total. The van der Waals surface area contributed by atoms with Gasteiger partial charge in [-0.3, -0.25) is 9.59 Å². The number of carboxylic acid groups (broad SMARTS) is 1. The highest BCUT2D eigenvalue weighted by atomic mass is 32.2. The third-order valence-corrected chi connectivity index (χ3v) is 4.15. The molecule has 0 bridgehead atoms. The maximum atomic E-state index is 11.6. The Morgan fingerprint density at radius 1 is 1.37 bits per heavy atom. The van der Waals surface area contributed by atoms with Crippen LogP contribution >= 0.6 is 11.8 Å². The minimum atomic E-state index is -1.25. The minimum absolute atomic E-state index is 0.202. The molecule has 1 aliphatic heterocycles. The van der Waals surface area contributed by atoms with Gasteiger partial charge in [0.2, 0.25) is 11.8 Å². The van der Waals surface area contributed by atoms with Crippen LogP contribution in [0, 0.1) is 0 Å². The SMILES string of the molecule is NC(=O)C[C@@H](NC(=O)CSC1CCNCC1)C(=O)O. The van der Waals surface area contributed by atoms with E-state index >= 15 is 0 Å². The number of hydrogen-bond acceptors (Lipinski definition) is 5. The van der Waals surface area contributed by atoms with Crippen LogP contribution in [0.2, 0.25) is 0 Å². The van der Waals surface area contributed by atoms with Crippen LogP contribution < -0.4 is 16.4 Å². The average molecular weight is 289 g/mol. The number of amides is 2. The fourth-order valence-electron chi connectivity index (χ4n) is 1.79. The molecule has 0 unspecified atom stereocenters. The molecule has 19 heavy (non-hydrogen) atoms. The lowest BCUT2D eigenvalue weighted by atomic mass is 10.2. The quantitative estimate of drug-likeness (QED) is 0.473. The molecule has 1 saturated heterocycles. The summed E-state index contributed by atoms with van der Waals surface area (Å²) in [6, 6.07) is -1.24. The van der Waals surface area contributed by atoms with Gasteiger partial charge < -0.3 is 21.5 Å². The summed E-state index contributed by atoms with van der Waals surface area (Å²) in [4.78, 5) is 33.2. The summed E-state index contributed by atoms with van der Waals surface area (Å²) in [5.41, 5.74) is 4.93. The predicted molar refractivity (Wildman–Crippen MR) is 71.7 cm³/mol. The Balaban J connectivity index is 2.31. The van der Waals surface area contributed by atoms with Crippen molar-refractivity contribution in [2.24, 2.45) is 5.73 Å². The van der Waals surface area contributed by atoms with Crippen LogP contribution in [0.4, 0.5) is 0 Å². The fraction of sp³-hybridized carbons (Fsp3) is 0.727. The van der Waals surface area contributed by atoms with Crippen LogP contribution in [-0.4, -0.2) is 53.0 Å². The predicted octanol–water partition coefficient (Wildman–Crippen LogP) is -1.08. The van der Waals surface area contributed by atoms with Gasteiger partial charge in [-0.2, -0.15) is 0 Å². The summed E-state index contributed by atoms with van der Waals surface area (Å²) in [5, 5.41) is 14.8. The van der Waals surface area contributed by atoms with E-state index in [1.165, 1.54) is 11.8 Å². The van der Waals surface area contributed by atoms with Crippen LogP contribution in [-0.2, 0) is 14.4 Å². The summed E-state index contributed by atoms with van der Waals surface area (Å²) in [5.74, 6) is -2.18. The molecule has 1 aliphatic rings. The maximum absolute atomic E-state index is 11.6.